The Bertz CT molecular complexity index is 1020. The Morgan fingerprint density at radius 3 is 2.23 bits per heavy atom. The van der Waals surface area contributed by atoms with Crippen LogP contribution < -0.4 is 10.5 Å². The molecule has 0 unspecified atom stereocenters. The second-order valence-corrected chi connectivity index (χ2v) is 8.70. The van der Waals surface area contributed by atoms with Crippen molar-refractivity contribution in [3.05, 3.63) is 59.9 Å². The van der Waals surface area contributed by atoms with E-state index >= 15 is 0 Å². The lowest BCUT2D eigenvalue weighted by atomic mass is 10.1. The maximum atomic E-state index is 13.9. The summed E-state index contributed by atoms with van der Waals surface area (Å²) >= 11 is 0. The number of nitrogens with two attached hydrogens (primary N) is 1. The van der Waals surface area contributed by atoms with E-state index in [0.717, 1.165) is 11.6 Å². The van der Waals surface area contributed by atoms with Gasteiger partial charge >= 0.3 is 0 Å². The lowest BCUT2D eigenvalue weighted by Gasteiger charge is -2.34. The molecule has 0 aromatic heterocycles. The summed E-state index contributed by atoms with van der Waals surface area (Å²) in [6, 6.07) is 11.9. The van der Waals surface area contributed by atoms with Gasteiger partial charge in [0, 0.05) is 26.2 Å². The average molecular weight is 435 g/mol. The molecule has 2 aromatic rings. The number of carbonyl (C=O) groups is 2. The highest BCUT2D eigenvalue weighted by molar-refractivity contribution is 7.89. The maximum Gasteiger partial charge on any atom is 0.260 e. The number of rotatable bonds is 7. The monoisotopic (exact) mass is 435 g/mol. The minimum Gasteiger partial charge on any atom is -0.484 e. The number of amides is 2. The topological polar surface area (TPSA) is 110 Å². The fourth-order valence-electron chi connectivity index (χ4n) is 3.11. The molecule has 160 valence electrons. The highest BCUT2D eigenvalue weighted by Crippen LogP contribution is 2.20. The van der Waals surface area contributed by atoms with E-state index < -0.39 is 21.7 Å². The predicted octanol–water partition coefficient (Wildman–Crippen LogP) is 0.765. The fourth-order valence-corrected chi connectivity index (χ4v) is 4.60. The molecule has 0 saturated carbocycles. The summed E-state index contributed by atoms with van der Waals surface area (Å²) in [6.07, 6.45) is 0.124. The van der Waals surface area contributed by atoms with Crippen LogP contribution in [0, 0.1) is 5.82 Å². The Morgan fingerprint density at radius 2 is 1.63 bits per heavy atom. The van der Waals surface area contributed by atoms with Gasteiger partial charge in [-0.2, -0.15) is 4.31 Å². The first-order chi connectivity index (χ1) is 14.3. The summed E-state index contributed by atoms with van der Waals surface area (Å²) in [5.74, 6) is -1.04. The third-order valence-corrected chi connectivity index (χ3v) is 6.64. The predicted molar refractivity (Wildman–Crippen MR) is 107 cm³/mol. The molecule has 1 saturated heterocycles. The highest BCUT2D eigenvalue weighted by Gasteiger charge is 2.31. The van der Waals surface area contributed by atoms with Crippen molar-refractivity contribution in [2.75, 3.05) is 32.8 Å². The lowest BCUT2D eigenvalue weighted by Crippen LogP contribution is -2.51. The molecule has 0 radical (unpaired) electrons. The van der Waals surface area contributed by atoms with Crippen LogP contribution in [0.15, 0.2) is 53.4 Å². The zero-order chi connectivity index (χ0) is 21.7. The van der Waals surface area contributed by atoms with Crippen molar-refractivity contribution in [3.63, 3.8) is 0 Å². The minimum atomic E-state index is -3.95. The Kier molecular flexibility index (Phi) is 6.68. The van der Waals surface area contributed by atoms with Crippen LogP contribution in [0.3, 0.4) is 0 Å². The van der Waals surface area contributed by atoms with Crippen molar-refractivity contribution >= 4 is 21.8 Å². The quantitative estimate of drug-likeness (QED) is 0.691. The number of nitrogens with zero attached hydrogens (tertiary/aromatic N) is 2. The highest BCUT2D eigenvalue weighted by atomic mass is 32.2. The number of hydrogen-bond acceptors (Lipinski definition) is 5. The van der Waals surface area contributed by atoms with Crippen molar-refractivity contribution in [2.45, 2.75) is 11.3 Å². The van der Waals surface area contributed by atoms with Crippen LogP contribution in [0.4, 0.5) is 4.39 Å². The smallest absolute Gasteiger partial charge is 0.260 e. The molecule has 30 heavy (non-hydrogen) atoms. The molecule has 0 aliphatic carbocycles. The van der Waals surface area contributed by atoms with Crippen molar-refractivity contribution in [3.8, 4) is 5.75 Å². The summed E-state index contributed by atoms with van der Waals surface area (Å²) in [4.78, 5) is 24.4. The van der Waals surface area contributed by atoms with Gasteiger partial charge < -0.3 is 15.4 Å². The van der Waals surface area contributed by atoms with Gasteiger partial charge in [-0.1, -0.05) is 24.3 Å². The summed E-state index contributed by atoms with van der Waals surface area (Å²) in [5, 5.41) is 0. The number of benzene rings is 2. The number of piperazine rings is 1. The van der Waals surface area contributed by atoms with Crippen molar-refractivity contribution in [2.24, 2.45) is 5.73 Å². The molecule has 1 aliphatic rings. The van der Waals surface area contributed by atoms with Crippen molar-refractivity contribution in [1.82, 2.24) is 9.21 Å². The van der Waals surface area contributed by atoms with Crippen LogP contribution in [0.25, 0.3) is 0 Å². The Hall–Kier alpha value is -2.98. The molecule has 2 amide bonds. The van der Waals surface area contributed by atoms with Crippen LogP contribution in [0.5, 0.6) is 5.75 Å². The molecule has 2 N–H and O–H groups in total. The van der Waals surface area contributed by atoms with Crippen LogP contribution in [-0.4, -0.2) is 62.2 Å². The lowest BCUT2D eigenvalue weighted by molar-refractivity contribution is -0.134. The van der Waals surface area contributed by atoms with Crippen molar-refractivity contribution < 1.29 is 27.1 Å². The van der Waals surface area contributed by atoms with E-state index in [2.05, 4.69) is 0 Å². The largest absolute Gasteiger partial charge is 0.484 e. The third kappa shape index (κ3) is 5.14. The molecule has 3 rings (SSSR count). The summed E-state index contributed by atoms with van der Waals surface area (Å²) in [5.41, 5.74) is 5.88. The Labute approximate surface area is 174 Å². The zero-order valence-electron chi connectivity index (χ0n) is 16.2. The zero-order valence-corrected chi connectivity index (χ0v) is 17.0. The van der Waals surface area contributed by atoms with Gasteiger partial charge in [-0.25, -0.2) is 12.8 Å². The number of ether oxygens (including phenoxy) is 1. The molecule has 10 heteroatoms. The molecule has 1 heterocycles. The van der Waals surface area contributed by atoms with E-state index in [4.69, 9.17) is 10.5 Å². The molecule has 1 fully saturated rings. The summed E-state index contributed by atoms with van der Waals surface area (Å²) < 4.78 is 45.8. The fraction of sp³-hybridized carbons (Fsp3) is 0.300. The number of halogens is 1. The van der Waals surface area contributed by atoms with Crippen LogP contribution in [0.1, 0.15) is 5.56 Å². The third-order valence-electron chi connectivity index (χ3n) is 4.71. The van der Waals surface area contributed by atoms with Crippen molar-refractivity contribution in [1.29, 1.82) is 0 Å². The second-order valence-electron chi connectivity index (χ2n) is 6.79. The summed E-state index contributed by atoms with van der Waals surface area (Å²) in [6.45, 7) is 0.324. The normalized spacial score (nSPS) is 15.0. The van der Waals surface area contributed by atoms with E-state index in [9.17, 15) is 22.4 Å². The number of primary amides is 1. The van der Waals surface area contributed by atoms with Gasteiger partial charge in [0.05, 0.1) is 6.42 Å². The van der Waals surface area contributed by atoms with E-state index in [0.29, 0.717) is 5.75 Å². The van der Waals surface area contributed by atoms with E-state index in [-0.39, 0.29) is 50.0 Å². The first-order valence-corrected chi connectivity index (χ1v) is 10.7. The van der Waals surface area contributed by atoms with Gasteiger partial charge in [-0.3, -0.25) is 9.59 Å². The maximum absolute atomic E-state index is 13.9. The number of carbonyl (C=O) groups excluding carboxylic acids is 2. The van der Waals surface area contributed by atoms with Gasteiger partial charge in [0.25, 0.3) is 5.91 Å². The number of sulfonamides is 1. The van der Waals surface area contributed by atoms with Crippen LogP contribution in [0.2, 0.25) is 0 Å². The molecule has 0 spiro atoms. The van der Waals surface area contributed by atoms with Gasteiger partial charge in [-0.15, -0.1) is 0 Å². The van der Waals surface area contributed by atoms with E-state index in [1.54, 1.807) is 24.3 Å². The molecule has 8 nitrogen and oxygen atoms in total. The molecule has 0 bridgehead atoms. The molecular formula is C20H22FN3O5S. The van der Waals surface area contributed by atoms with Gasteiger partial charge in [0.2, 0.25) is 15.9 Å². The Balaban J connectivity index is 1.52. The first-order valence-electron chi connectivity index (χ1n) is 9.30. The Morgan fingerprint density at radius 1 is 1.00 bits per heavy atom. The average Bonchev–Trinajstić information content (AvgIpc) is 2.73. The van der Waals surface area contributed by atoms with Crippen LogP contribution in [-0.2, 0) is 26.0 Å². The SMILES string of the molecule is NC(=O)Cc1ccc(OCC(=O)N2CCN(S(=O)(=O)c3ccccc3F)CC2)cc1. The van der Waals surface area contributed by atoms with Gasteiger partial charge in [-0.05, 0) is 29.8 Å². The van der Waals surface area contributed by atoms with E-state index in [1.807, 2.05) is 0 Å². The van der Waals surface area contributed by atoms with Gasteiger partial charge in [0.1, 0.15) is 16.5 Å². The second kappa shape index (κ2) is 9.23. The number of hydrogen-bond donors (Lipinski definition) is 1. The summed E-state index contributed by atoms with van der Waals surface area (Å²) in [7, 11) is -3.95. The minimum absolute atomic E-state index is 0.0736. The molecule has 2 aromatic carbocycles. The van der Waals surface area contributed by atoms with E-state index in [1.165, 1.54) is 27.4 Å². The first kappa shape index (κ1) is 21.7. The molecule has 0 atom stereocenters. The van der Waals surface area contributed by atoms with Crippen LogP contribution >= 0.6 is 0 Å². The standard InChI is InChI=1S/C20H22FN3O5S/c21-17-3-1-2-4-18(17)30(27,28)24-11-9-23(10-12-24)20(26)14-29-16-7-5-15(6-8-16)13-19(22)25/h1-8H,9-14H2,(H2,22,25). The molecular weight excluding hydrogens is 413 g/mol. The molecule has 1 aliphatic heterocycles. The van der Waals surface area contributed by atoms with Gasteiger partial charge in [0.15, 0.2) is 6.61 Å².